The maximum atomic E-state index is 12.6. The lowest BCUT2D eigenvalue weighted by Crippen LogP contribution is -2.40. The highest BCUT2D eigenvalue weighted by molar-refractivity contribution is 6.00. The number of rotatable bonds is 5. The molecule has 0 atom stereocenters. The Kier molecular flexibility index (Phi) is 4.97. The van der Waals surface area contributed by atoms with Crippen molar-refractivity contribution in [2.75, 3.05) is 18.1 Å². The number of carbonyl (C=O) groups is 2. The van der Waals surface area contributed by atoms with Crippen LogP contribution in [0.5, 0.6) is 5.75 Å². The summed E-state index contributed by atoms with van der Waals surface area (Å²) in [6, 6.07) is 15.2. The average Bonchev–Trinajstić information content (AvgIpc) is 3.00. The fraction of sp³-hybridized carbons (Fsp3) is 0.286. The third-order valence-corrected chi connectivity index (χ3v) is 4.83. The number of aromatic nitrogens is 2. The molecule has 7 nitrogen and oxygen atoms in total. The standard InChI is InChI=1S/C21H22N4O3/c1-2-24-16-8-4-3-7-15(16)23-19(24)13-22-20(26)14-25-17-9-5-6-10-18(17)28-12-11-21(25)27/h3-10H,2,11-14H2,1H3,(H,22,26). The molecule has 0 fully saturated rings. The predicted octanol–water partition coefficient (Wildman–Crippen LogP) is 2.49. The Morgan fingerprint density at radius 2 is 1.96 bits per heavy atom. The van der Waals surface area contributed by atoms with Crippen LogP contribution in [0, 0.1) is 0 Å². The molecule has 0 aliphatic carbocycles. The molecule has 0 radical (unpaired) electrons. The largest absolute Gasteiger partial charge is 0.491 e. The highest BCUT2D eigenvalue weighted by Crippen LogP contribution is 2.30. The average molecular weight is 378 g/mol. The van der Waals surface area contributed by atoms with Crippen LogP contribution >= 0.6 is 0 Å². The van der Waals surface area contributed by atoms with Crippen LogP contribution < -0.4 is 15.0 Å². The number of aryl methyl sites for hydroxylation is 1. The number of hydrogen-bond donors (Lipinski definition) is 1. The number of ether oxygens (including phenoxy) is 1. The number of fused-ring (bicyclic) bond motifs is 2. The smallest absolute Gasteiger partial charge is 0.240 e. The minimum atomic E-state index is -0.236. The van der Waals surface area contributed by atoms with Gasteiger partial charge in [0.2, 0.25) is 11.8 Å². The first-order chi connectivity index (χ1) is 13.7. The third kappa shape index (κ3) is 3.43. The number of amides is 2. The molecule has 1 aromatic heterocycles. The Balaban J connectivity index is 1.49. The van der Waals surface area contributed by atoms with Gasteiger partial charge in [0.15, 0.2) is 0 Å². The van der Waals surface area contributed by atoms with Crippen molar-refractivity contribution >= 4 is 28.5 Å². The minimum absolute atomic E-state index is 0.0500. The third-order valence-electron chi connectivity index (χ3n) is 4.83. The van der Waals surface area contributed by atoms with Gasteiger partial charge in [0, 0.05) is 6.54 Å². The fourth-order valence-corrected chi connectivity index (χ4v) is 3.48. The molecule has 4 rings (SSSR count). The lowest BCUT2D eigenvalue weighted by atomic mass is 10.2. The first-order valence-electron chi connectivity index (χ1n) is 9.40. The zero-order valence-electron chi connectivity index (χ0n) is 15.7. The number of carbonyl (C=O) groups excluding carboxylic acids is 2. The lowest BCUT2D eigenvalue weighted by Gasteiger charge is -2.21. The SMILES string of the molecule is CCn1c(CNC(=O)CN2C(=O)CCOc3ccccc32)nc2ccccc21. The van der Waals surface area contributed by atoms with Crippen molar-refractivity contribution in [3.63, 3.8) is 0 Å². The first-order valence-corrected chi connectivity index (χ1v) is 9.40. The summed E-state index contributed by atoms with van der Waals surface area (Å²) in [7, 11) is 0. The van der Waals surface area contributed by atoms with E-state index in [0.29, 0.717) is 24.6 Å². The zero-order valence-corrected chi connectivity index (χ0v) is 15.7. The summed E-state index contributed by atoms with van der Waals surface area (Å²) >= 11 is 0. The van der Waals surface area contributed by atoms with E-state index in [0.717, 1.165) is 23.4 Å². The normalized spacial score (nSPS) is 13.8. The molecule has 7 heteroatoms. The summed E-state index contributed by atoms with van der Waals surface area (Å²) in [5.74, 6) is 1.05. The number of hydrogen-bond acceptors (Lipinski definition) is 4. The summed E-state index contributed by atoms with van der Waals surface area (Å²) in [6.45, 7) is 3.38. The highest BCUT2D eigenvalue weighted by Gasteiger charge is 2.25. The molecule has 0 saturated carbocycles. The van der Waals surface area contributed by atoms with Gasteiger partial charge in [-0.05, 0) is 31.2 Å². The second-order valence-corrected chi connectivity index (χ2v) is 6.58. The quantitative estimate of drug-likeness (QED) is 0.740. The molecule has 28 heavy (non-hydrogen) atoms. The maximum absolute atomic E-state index is 12.6. The molecule has 1 N–H and O–H groups in total. The van der Waals surface area contributed by atoms with Crippen molar-refractivity contribution in [2.24, 2.45) is 0 Å². The molecule has 3 aromatic rings. The lowest BCUT2D eigenvalue weighted by molar-refractivity contribution is -0.124. The number of nitrogens with one attached hydrogen (secondary N) is 1. The maximum Gasteiger partial charge on any atom is 0.240 e. The monoisotopic (exact) mass is 378 g/mol. The summed E-state index contributed by atoms with van der Waals surface area (Å²) in [4.78, 5) is 31.1. The molecule has 0 unspecified atom stereocenters. The molecular weight excluding hydrogens is 356 g/mol. The van der Waals surface area contributed by atoms with Gasteiger partial charge in [-0.25, -0.2) is 4.98 Å². The van der Waals surface area contributed by atoms with Gasteiger partial charge < -0.3 is 14.6 Å². The second kappa shape index (κ2) is 7.72. The van der Waals surface area contributed by atoms with Gasteiger partial charge in [0.1, 0.15) is 18.1 Å². The molecule has 2 amide bonds. The zero-order chi connectivity index (χ0) is 19.5. The number of imidazole rings is 1. The van der Waals surface area contributed by atoms with E-state index < -0.39 is 0 Å². The van der Waals surface area contributed by atoms with Crippen molar-refractivity contribution in [3.8, 4) is 5.75 Å². The van der Waals surface area contributed by atoms with Crippen LogP contribution in [0.15, 0.2) is 48.5 Å². The summed E-state index contributed by atoms with van der Waals surface area (Å²) in [5.41, 5.74) is 2.58. The van der Waals surface area contributed by atoms with Crippen LogP contribution in [0.1, 0.15) is 19.2 Å². The van der Waals surface area contributed by atoms with E-state index in [-0.39, 0.29) is 24.8 Å². The molecule has 1 aliphatic heterocycles. The van der Waals surface area contributed by atoms with Crippen molar-refractivity contribution in [3.05, 3.63) is 54.4 Å². The fourth-order valence-electron chi connectivity index (χ4n) is 3.48. The Morgan fingerprint density at radius 1 is 1.18 bits per heavy atom. The van der Waals surface area contributed by atoms with Gasteiger partial charge in [-0.15, -0.1) is 0 Å². The minimum Gasteiger partial charge on any atom is -0.491 e. The highest BCUT2D eigenvalue weighted by atomic mass is 16.5. The Labute approximate surface area is 162 Å². The number of nitrogens with zero attached hydrogens (tertiary/aromatic N) is 3. The van der Waals surface area contributed by atoms with Crippen LogP contribution in [0.3, 0.4) is 0 Å². The van der Waals surface area contributed by atoms with Gasteiger partial charge >= 0.3 is 0 Å². The van der Waals surface area contributed by atoms with Crippen molar-refractivity contribution in [1.29, 1.82) is 0 Å². The van der Waals surface area contributed by atoms with Crippen molar-refractivity contribution in [1.82, 2.24) is 14.9 Å². The molecular formula is C21H22N4O3. The topological polar surface area (TPSA) is 76.5 Å². The van der Waals surface area contributed by atoms with Crippen LogP contribution in [0.25, 0.3) is 11.0 Å². The van der Waals surface area contributed by atoms with E-state index in [2.05, 4.69) is 14.9 Å². The number of benzene rings is 2. The van der Waals surface area contributed by atoms with Crippen LogP contribution in [-0.2, 0) is 22.7 Å². The molecule has 144 valence electrons. The van der Waals surface area contributed by atoms with Crippen molar-refractivity contribution < 1.29 is 14.3 Å². The molecule has 0 saturated heterocycles. The van der Waals surface area contributed by atoms with Crippen LogP contribution in [-0.4, -0.2) is 34.5 Å². The first kappa shape index (κ1) is 18.0. The summed E-state index contributed by atoms with van der Waals surface area (Å²) in [5, 5.41) is 2.90. The van der Waals surface area contributed by atoms with E-state index in [4.69, 9.17) is 4.74 Å². The van der Waals surface area contributed by atoms with Crippen molar-refractivity contribution in [2.45, 2.75) is 26.4 Å². The molecule has 0 spiro atoms. The van der Waals surface area contributed by atoms with Gasteiger partial charge in [-0.2, -0.15) is 0 Å². The van der Waals surface area contributed by atoms with E-state index >= 15 is 0 Å². The number of para-hydroxylation sites is 4. The molecule has 0 bridgehead atoms. The predicted molar refractivity (Wildman–Crippen MR) is 106 cm³/mol. The molecule has 2 aromatic carbocycles. The summed E-state index contributed by atoms with van der Waals surface area (Å²) < 4.78 is 7.70. The van der Waals surface area contributed by atoms with E-state index in [1.807, 2.05) is 49.4 Å². The Bertz CT molecular complexity index is 1030. The summed E-state index contributed by atoms with van der Waals surface area (Å²) in [6.07, 6.45) is 0.244. The second-order valence-electron chi connectivity index (χ2n) is 6.58. The van der Waals surface area contributed by atoms with Crippen LogP contribution in [0.2, 0.25) is 0 Å². The van der Waals surface area contributed by atoms with Gasteiger partial charge in [0.05, 0.1) is 36.3 Å². The van der Waals surface area contributed by atoms with E-state index in [1.165, 1.54) is 4.90 Å². The van der Waals surface area contributed by atoms with Crippen LogP contribution in [0.4, 0.5) is 5.69 Å². The van der Waals surface area contributed by atoms with Gasteiger partial charge in [0.25, 0.3) is 0 Å². The van der Waals surface area contributed by atoms with E-state index in [9.17, 15) is 9.59 Å². The molecule has 2 heterocycles. The Morgan fingerprint density at radius 3 is 2.82 bits per heavy atom. The van der Waals surface area contributed by atoms with E-state index in [1.54, 1.807) is 6.07 Å². The Hall–Kier alpha value is -3.35. The van der Waals surface area contributed by atoms with Gasteiger partial charge in [-0.3, -0.25) is 14.5 Å². The molecule has 1 aliphatic rings. The van der Waals surface area contributed by atoms with Gasteiger partial charge in [-0.1, -0.05) is 24.3 Å². The number of anilines is 1.